The van der Waals surface area contributed by atoms with Gasteiger partial charge in [-0.1, -0.05) is 42.5 Å². The second-order valence-corrected chi connectivity index (χ2v) is 6.03. The van der Waals surface area contributed by atoms with Gasteiger partial charge in [0.2, 0.25) is 0 Å². The van der Waals surface area contributed by atoms with Gasteiger partial charge in [0, 0.05) is 27.8 Å². The third-order valence-electron chi connectivity index (χ3n) is 4.77. The van der Waals surface area contributed by atoms with Crippen molar-refractivity contribution in [3.63, 3.8) is 0 Å². The van der Waals surface area contributed by atoms with Gasteiger partial charge in [0.15, 0.2) is 5.60 Å². The van der Waals surface area contributed by atoms with Crippen LogP contribution >= 0.6 is 0 Å². The van der Waals surface area contributed by atoms with E-state index < -0.39 is 11.8 Å². The van der Waals surface area contributed by atoms with Gasteiger partial charge < -0.3 is 15.8 Å². The van der Waals surface area contributed by atoms with Crippen molar-refractivity contribution in [3.8, 4) is 5.75 Å². The number of rotatable bonds is 0. The van der Waals surface area contributed by atoms with E-state index in [1.54, 1.807) is 0 Å². The van der Waals surface area contributed by atoms with E-state index in [2.05, 4.69) is 29.6 Å². The van der Waals surface area contributed by atoms with Gasteiger partial charge in [-0.05, 0) is 18.2 Å². The molecule has 1 aromatic carbocycles. The maximum Gasteiger partial charge on any atom is 0.253 e. The molecule has 3 N–H and O–H groups in total. The maximum atomic E-state index is 12.0. The Balaban J connectivity index is 1.78. The van der Waals surface area contributed by atoms with Crippen molar-refractivity contribution in [2.75, 3.05) is 0 Å². The van der Waals surface area contributed by atoms with Crippen molar-refractivity contribution in [2.45, 2.75) is 11.8 Å². The molecule has 0 radical (unpaired) electrons. The van der Waals surface area contributed by atoms with Crippen molar-refractivity contribution >= 4 is 12.0 Å². The molecule has 1 aromatic rings. The summed E-state index contributed by atoms with van der Waals surface area (Å²) in [5.41, 5.74) is 9.91. The van der Waals surface area contributed by atoms with Gasteiger partial charge >= 0.3 is 0 Å². The number of hydrogen-bond acceptors (Lipinski definition) is 3. The zero-order chi connectivity index (χ0) is 15.6. The number of amides is 1. The van der Waals surface area contributed by atoms with E-state index >= 15 is 0 Å². The Morgan fingerprint density at radius 2 is 2.00 bits per heavy atom. The average molecular weight is 302 g/mol. The van der Waals surface area contributed by atoms with Crippen molar-refractivity contribution in [3.05, 3.63) is 82.5 Å². The predicted octanol–water partition coefficient (Wildman–Crippen LogP) is 2.52. The normalized spacial score (nSPS) is 28.7. The molecular formula is C19H14N2O2. The number of carbonyl (C=O) groups is 1. The van der Waals surface area contributed by atoms with Crippen LogP contribution in [0, 0.1) is 0 Å². The molecule has 2 heterocycles. The minimum atomic E-state index is -0.628. The van der Waals surface area contributed by atoms with Gasteiger partial charge in [0.25, 0.3) is 5.91 Å². The molecule has 1 spiro atoms. The van der Waals surface area contributed by atoms with E-state index in [-0.39, 0.29) is 5.91 Å². The molecule has 0 saturated heterocycles. The van der Waals surface area contributed by atoms with E-state index in [4.69, 9.17) is 10.5 Å². The van der Waals surface area contributed by atoms with Crippen LogP contribution in [0.1, 0.15) is 27.7 Å². The van der Waals surface area contributed by atoms with Crippen molar-refractivity contribution in [1.29, 1.82) is 0 Å². The summed E-state index contributed by atoms with van der Waals surface area (Å²) in [5.74, 6) is 0.544. The van der Waals surface area contributed by atoms with Crippen LogP contribution in [-0.2, 0) is 0 Å². The zero-order valence-electron chi connectivity index (χ0n) is 12.2. The molecular weight excluding hydrogens is 288 g/mol. The minimum absolute atomic E-state index is 0.149. The molecule has 5 rings (SSSR count). The Labute approximate surface area is 133 Å². The molecule has 0 aromatic heterocycles. The van der Waals surface area contributed by atoms with E-state index in [1.807, 2.05) is 36.4 Å². The molecule has 2 atom stereocenters. The molecule has 4 nitrogen and oxygen atoms in total. The summed E-state index contributed by atoms with van der Waals surface area (Å²) >= 11 is 0. The molecule has 1 amide bonds. The first-order valence-electron chi connectivity index (χ1n) is 7.58. The van der Waals surface area contributed by atoms with Gasteiger partial charge in [-0.3, -0.25) is 4.79 Å². The van der Waals surface area contributed by atoms with Crippen LogP contribution in [0.2, 0.25) is 0 Å². The lowest BCUT2D eigenvalue weighted by atomic mass is 9.77. The third-order valence-corrected chi connectivity index (χ3v) is 4.77. The Morgan fingerprint density at radius 3 is 2.91 bits per heavy atom. The van der Waals surface area contributed by atoms with E-state index in [9.17, 15) is 4.79 Å². The number of nitrogens with one attached hydrogen (secondary N) is 1. The molecule has 4 aliphatic rings. The molecule has 2 unspecified atom stereocenters. The number of ether oxygens (including phenoxy) is 1. The molecule has 0 bridgehead atoms. The standard InChI is InChI=1S/C19H14N2O2/c20-17-15-14(18(22)21-17)8-7-11-10-13-6-3-5-12-4-1-2-9-19(12,13)23-16(11)15/h1-10,17H,20H2,(H,21,22). The third kappa shape index (κ3) is 1.51. The lowest BCUT2D eigenvalue weighted by molar-refractivity contribution is 0.0957. The second kappa shape index (κ2) is 4.12. The fraction of sp³-hybridized carbons (Fsp3) is 0.105. The van der Waals surface area contributed by atoms with Gasteiger partial charge in [-0.25, -0.2) is 0 Å². The molecule has 23 heavy (non-hydrogen) atoms. The predicted molar refractivity (Wildman–Crippen MR) is 87.7 cm³/mol. The van der Waals surface area contributed by atoms with Crippen molar-refractivity contribution in [1.82, 2.24) is 5.32 Å². The molecule has 0 fully saturated rings. The first kappa shape index (κ1) is 12.7. The van der Waals surface area contributed by atoms with Crippen molar-refractivity contribution < 1.29 is 9.53 Å². The molecule has 112 valence electrons. The Hall–Kier alpha value is -2.85. The lowest BCUT2D eigenvalue weighted by Crippen LogP contribution is -2.41. The Kier molecular flexibility index (Phi) is 2.27. The summed E-state index contributed by atoms with van der Waals surface area (Å²) in [6.45, 7) is 0. The number of nitrogens with two attached hydrogens (primary N) is 1. The highest BCUT2D eigenvalue weighted by Gasteiger charge is 2.43. The van der Waals surface area contributed by atoms with Crippen LogP contribution in [0.3, 0.4) is 0 Å². The number of carbonyl (C=O) groups excluding carboxylic acids is 1. The highest BCUT2D eigenvalue weighted by atomic mass is 16.5. The number of allylic oxidation sites excluding steroid dienone is 4. The van der Waals surface area contributed by atoms with Crippen molar-refractivity contribution in [2.24, 2.45) is 5.73 Å². The summed E-state index contributed by atoms with van der Waals surface area (Å²) in [7, 11) is 0. The Bertz CT molecular complexity index is 918. The zero-order valence-corrected chi connectivity index (χ0v) is 12.2. The molecule has 0 saturated carbocycles. The largest absolute Gasteiger partial charge is 0.473 e. The van der Waals surface area contributed by atoms with Gasteiger partial charge in [0.05, 0.1) is 0 Å². The average Bonchev–Trinajstić information content (AvgIpc) is 2.86. The van der Waals surface area contributed by atoms with Crippen LogP contribution in [0.5, 0.6) is 5.75 Å². The summed E-state index contributed by atoms with van der Waals surface area (Å²) < 4.78 is 6.49. The molecule has 2 aliphatic heterocycles. The van der Waals surface area contributed by atoms with Gasteiger partial charge in [-0.15, -0.1) is 0 Å². The minimum Gasteiger partial charge on any atom is -0.473 e. The van der Waals surface area contributed by atoms with E-state index in [0.717, 1.165) is 22.3 Å². The number of benzene rings is 1. The maximum absolute atomic E-state index is 12.0. The van der Waals surface area contributed by atoms with Crippen LogP contribution in [0.25, 0.3) is 6.08 Å². The number of fused-ring (bicyclic) bond motifs is 3. The summed E-state index contributed by atoms with van der Waals surface area (Å²) in [6.07, 6.45) is 15.8. The topological polar surface area (TPSA) is 64.3 Å². The first-order chi connectivity index (χ1) is 11.2. The van der Waals surface area contributed by atoms with Crippen LogP contribution < -0.4 is 15.8 Å². The highest BCUT2D eigenvalue weighted by Crippen LogP contribution is 2.48. The lowest BCUT2D eigenvalue weighted by Gasteiger charge is -2.41. The van der Waals surface area contributed by atoms with Gasteiger partial charge in [0.1, 0.15) is 11.9 Å². The quantitative estimate of drug-likeness (QED) is 0.774. The monoisotopic (exact) mass is 302 g/mol. The van der Waals surface area contributed by atoms with Crippen LogP contribution in [0.15, 0.2) is 65.8 Å². The Morgan fingerprint density at radius 1 is 1.13 bits per heavy atom. The van der Waals surface area contributed by atoms with E-state index in [1.165, 1.54) is 0 Å². The van der Waals surface area contributed by atoms with E-state index in [0.29, 0.717) is 11.3 Å². The fourth-order valence-electron chi connectivity index (χ4n) is 3.67. The number of hydrogen-bond donors (Lipinski definition) is 2. The van der Waals surface area contributed by atoms with Crippen LogP contribution in [-0.4, -0.2) is 11.5 Å². The van der Waals surface area contributed by atoms with Crippen LogP contribution in [0.4, 0.5) is 0 Å². The summed E-state index contributed by atoms with van der Waals surface area (Å²) in [5, 5.41) is 2.75. The second-order valence-electron chi connectivity index (χ2n) is 6.03. The summed E-state index contributed by atoms with van der Waals surface area (Å²) in [4.78, 5) is 12.0. The molecule has 4 heteroatoms. The molecule has 2 aliphatic carbocycles. The smallest absolute Gasteiger partial charge is 0.253 e. The summed E-state index contributed by atoms with van der Waals surface area (Å²) in [6, 6.07) is 3.73. The highest BCUT2D eigenvalue weighted by molar-refractivity contribution is 6.00. The first-order valence-corrected chi connectivity index (χ1v) is 7.58. The van der Waals surface area contributed by atoms with Gasteiger partial charge in [-0.2, -0.15) is 0 Å². The fourth-order valence-corrected chi connectivity index (χ4v) is 3.67. The SMILES string of the molecule is NC1NC(=O)c2ccc3c(c21)OC12C=CC=CC1=CC=CC2=C3.